The normalized spacial score (nSPS) is 19.7. The van der Waals surface area contributed by atoms with Crippen molar-refractivity contribution in [3.8, 4) is 0 Å². The molecule has 1 aliphatic rings. The molecule has 0 aromatic carbocycles. The van der Waals surface area contributed by atoms with Crippen molar-refractivity contribution in [2.75, 3.05) is 13.7 Å². The van der Waals surface area contributed by atoms with Crippen LogP contribution in [0, 0.1) is 0 Å². The molecule has 0 spiro atoms. The molecule has 124 valence electrons. The minimum atomic E-state index is -0.118. The molecule has 6 nitrogen and oxygen atoms in total. The maximum atomic E-state index is 13.0. The van der Waals surface area contributed by atoms with Gasteiger partial charge >= 0.3 is 0 Å². The summed E-state index contributed by atoms with van der Waals surface area (Å²) in [6.07, 6.45) is 3.04. The number of aromatic nitrogens is 3. The van der Waals surface area contributed by atoms with E-state index < -0.39 is 0 Å². The number of thiophene rings is 1. The monoisotopic (exact) mass is 334 g/mol. The molecule has 2 aromatic rings. The largest absolute Gasteiger partial charge is 0.377 e. The Kier molecular flexibility index (Phi) is 5.07. The van der Waals surface area contributed by atoms with Crippen molar-refractivity contribution >= 4 is 17.2 Å². The molecule has 1 N–H and O–H groups in total. The zero-order valence-electron chi connectivity index (χ0n) is 13.5. The van der Waals surface area contributed by atoms with Crippen LogP contribution in [0.25, 0.3) is 0 Å². The van der Waals surface area contributed by atoms with Crippen LogP contribution in [0.5, 0.6) is 0 Å². The van der Waals surface area contributed by atoms with Crippen molar-refractivity contribution in [2.45, 2.75) is 44.8 Å². The van der Waals surface area contributed by atoms with E-state index >= 15 is 0 Å². The molecule has 1 aliphatic heterocycles. The highest BCUT2D eigenvalue weighted by Gasteiger charge is 2.33. The number of piperidine rings is 1. The molecular formula is C16H22N4O2S. The molecule has 1 saturated heterocycles. The smallest absolute Gasteiger partial charge is 0.231 e. The Hall–Kier alpha value is -1.73. The molecule has 2 aromatic heterocycles. The second-order valence-electron chi connectivity index (χ2n) is 5.85. The fraction of sp³-hybridized carbons (Fsp3) is 0.562. The third-order valence-electron chi connectivity index (χ3n) is 4.25. The van der Waals surface area contributed by atoms with Gasteiger partial charge in [-0.25, -0.2) is 4.98 Å². The number of likely N-dealkylation sites (tertiary alicyclic amines) is 1. The average Bonchev–Trinajstić information content (AvgIpc) is 3.25. The summed E-state index contributed by atoms with van der Waals surface area (Å²) < 4.78 is 5.08. The van der Waals surface area contributed by atoms with Gasteiger partial charge < -0.3 is 9.64 Å². The maximum Gasteiger partial charge on any atom is 0.231 e. The molecule has 7 heteroatoms. The molecule has 23 heavy (non-hydrogen) atoms. The molecule has 0 radical (unpaired) electrons. The molecule has 1 fully saturated rings. The Bertz CT molecular complexity index is 640. The van der Waals surface area contributed by atoms with Crippen LogP contribution < -0.4 is 0 Å². The lowest BCUT2D eigenvalue weighted by Crippen LogP contribution is -2.41. The van der Waals surface area contributed by atoms with E-state index in [1.165, 1.54) is 0 Å². The minimum Gasteiger partial charge on any atom is -0.377 e. The van der Waals surface area contributed by atoms with E-state index in [0.717, 1.165) is 30.7 Å². The predicted molar refractivity (Wildman–Crippen MR) is 88.1 cm³/mol. The second-order valence-corrected chi connectivity index (χ2v) is 6.83. The van der Waals surface area contributed by atoms with Gasteiger partial charge in [-0.15, -0.1) is 11.3 Å². The van der Waals surface area contributed by atoms with Crippen molar-refractivity contribution in [3.05, 3.63) is 34.0 Å². The molecule has 2 unspecified atom stereocenters. The fourth-order valence-electron chi connectivity index (χ4n) is 3.03. The third-order valence-corrected chi connectivity index (χ3v) is 5.31. The van der Waals surface area contributed by atoms with Crippen molar-refractivity contribution in [1.82, 2.24) is 20.1 Å². The number of rotatable bonds is 5. The lowest BCUT2D eigenvalue weighted by molar-refractivity contribution is -0.136. The summed E-state index contributed by atoms with van der Waals surface area (Å²) in [6, 6.07) is 3.97. The first kappa shape index (κ1) is 16.1. The van der Waals surface area contributed by atoms with E-state index in [-0.39, 0.29) is 17.9 Å². The second kappa shape index (κ2) is 7.23. The highest BCUT2D eigenvalue weighted by atomic mass is 32.1. The SMILES string of the molecule is COCc1nc(C2CCCCN2C(=O)C(C)c2cccs2)n[nH]1. The first-order chi connectivity index (χ1) is 11.2. The van der Waals surface area contributed by atoms with Gasteiger partial charge in [-0.3, -0.25) is 9.89 Å². The van der Waals surface area contributed by atoms with Crippen LogP contribution in [0.2, 0.25) is 0 Å². The van der Waals surface area contributed by atoms with Gasteiger partial charge in [-0.05, 0) is 37.6 Å². The highest BCUT2D eigenvalue weighted by Crippen LogP contribution is 2.33. The maximum absolute atomic E-state index is 13.0. The summed E-state index contributed by atoms with van der Waals surface area (Å²) in [5.74, 6) is 1.44. The van der Waals surface area contributed by atoms with E-state index in [1.54, 1.807) is 18.4 Å². The molecule has 0 bridgehead atoms. The molecule has 3 heterocycles. The summed E-state index contributed by atoms with van der Waals surface area (Å²) in [7, 11) is 1.63. The van der Waals surface area contributed by atoms with Gasteiger partial charge in [0.2, 0.25) is 5.91 Å². The van der Waals surface area contributed by atoms with E-state index in [4.69, 9.17) is 4.74 Å². The molecular weight excluding hydrogens is 312 g/mol. The summed E-state index contributed by atoms with van der Waals surface area (Å²) in [5.41, 5.74) is 0. The first-order valence-electron chi connectivity index (χ1n) is 7.94. The van der Waals surface area contributed by atoms with Crippen molar-refractivity contribution in [2.24, 2.45) is 0 Å². The lowest BCUT2D eigenvalue weighted by Gasteiger charge is -2.35. The van der Waals surface area contributed by atoms with Crippen LogP contribution >= 0.6 is 11.3 Å². The van der Waals surface area contributed by atoms with Gasteiger partial charge in [-0.2, -0.15) is 5.10 Å². The van der Waals surface area contributed by atoms with Gasteiger partial charge in [0.15, 0.2) is 11.6 Å². The van der Waals surface area contributed by atoms with Crippen LogP contribution in [0.3, 0.4) is 0 Å². The number of amides is 1. The Balaban J connectivity index is 1.79. The van der Waals surface area contributed by atoms with Crippen LogP contribution in [0.1, 0.15) is 54.7 Å². The number of nitrogens with one attached hydrogen (secondary N) is 1. The zero-order valence-corrected chi connectivity index (χ0v) is 14.3. The predicted octanol–water partition coefficient (Wildman–Crippen LogP) is 2.87. The van der Waals surface area contributed by atoms with Gasteiger partial charge in [0.05, 0.1) is 12.0 Å². The molecule has 0 saturated carbocycles. The Morgan fingerprint density at radius 2 is 2.43 bits per heavy atom. The van der Waals surface area contributed by atoms with Gasteiger partial charge in [0, 0.05) is 18.5 Å². The minimum absolute atomic E-state index is 0.0412. The highest BCUT2D eigenvalue weighted by molar-refractivity contribution is 7.10. The van der Waals surface area contributed by atoms with Crippen molar-refractivity contribution in [3.63, 3.8) is 0 Å². The number of ether oxygens (including phenoxy) is 1. The van der Waals surface area contributed by atoms with E-state index in [2.05, 4.69) is 15.2 Å². The topological polar surface area (TPSA) is 71.1 Å². The van der Waals surface area contributed by atoms with Crippen LogP contribution in [-0.2, 0) is 16.1 Å². The molecule has 0 aliphatic carbocycles. The third kappa shape index (κ3) is 3.45. The van der Waals surface area contributed by atoms with Crippen LogP contribution in [0.15, 0.2) is 17.5 Å². The number of nitrogens with zero attached hydrogens (tertiary/aromatic N) is 3. The van der Waals surface area contributed by atoms with E-state index in [1.807, 2.05) is 29.3 Å². The van der Waals surface area contributed by atoms with Crippen LogP contribution in [0.4, 0.5) is 0 Å². The van der Waals surface area contributed by atoms with Crippen molar-refractivity contribution < 1.29 is 9.53 Å². The summed E-state index contributed by atoms with van der Waals surface area (Å²) in [6.45, 7) is 3.15. The number of hydrogen-bond donors (Lipinski definition) is 1. The Labute approximate surface area is 139 Å². The van der Waals surface area contributed by atoms with Gasteiger partial charge in [-0.1, -0.05) is 6.07 Å². The molecule has 3 rings (SSSR count). The summed E-state index contributed by atoms with van der Waals surface area (Å²) in [4.78, 5) is 20.5. The molecule has 1 amide bonds. The fourth-order valence-corrected chi connectivity index (χ4v) is 3.81. The number of carbonyl (C=O) groups is 1. The van der Waals surface area contributed by atoms with E-state index in [9.17, 15) is 4.79 Å². The van der Waals surface area contributed by atoms with Gasteiger partial charge in [0.1, 0.15) is 6.61 Å². The first-order valence-corrected chi connectivity index (χ1v) is 8.82. The van der Waals surface area contributed by atoms with E-state index in [0.29, 0.717) is 18.3 Å². The van der Waals surface area contributed by atoms with Crippen molar-refractivity contribution in [1.29, 1.82) is 0 Å². The standard InChI is InChI=1S/C16H22N4O2S/c1-11(13-7-5-9-23-13)16(21)20-8-4-3-6-12(20)15-17-14(10-22-2)18-19-15/h5,7,9,11-12H,3-4,6,8,10H2,1-2H3,(H,17,18,19). The number of methoxy groups -OCH3 is 1. The van der Waals surface area contributed by atoms with Crippen LogP contribution in [-0.4, -0.2) is 39.6 Å². The summed E-state index contributed by atoms with van der Waals surface area (Å²) in [5, 5.41) is 9.22. The number of carbonyl (C=O) groups excluding carboxylic acids is 1. The van der Waals surface area contributed by atoms with Gasteiger partial charge in [0.25, 0.3) is 0 Å². The molecule has 2 atom stereocenters. The quantitative estimate of drug-likeness (QED) is 0.913. The number of hydrogen-bond acceptors (Lipinski definition) is 5. The average molecular weight is 334 g/mol. The summed E-state index contributed by atoms with van der Waals surface area (Å²) >= 11 is 1.63. The zero-order chi connectivity index (χ0) is 16.2. The lowest BCUT2D eigenvalue weighted by atomic mass is 9.98. The Morgan fingerprint density at radius 3 is 3.17 bits per heavy atom. The Morgan fingerprint density at radius 1 is 1.57 bits per heavy atom. The number of aromatic amines is 1. The number of H-pyrrole nitrogens is 1.